The summed E-state index contributed by atoms with van der Waals surface area (Å²) < 4.78 is 5.98. The number of aliphatic hydroxyl groups excluding tert-OH is 1. The number of carbonyl (C=O) groups is 2. The molecule has 1 aromatic rings. The number of aliphatic hydroxyl groups is 1. The van der Waals surface area contributed by atoms with Crippen molar-refractivity contribution in [1.82, 2.24) is 4.90 Å². The van der Waals surface area contributed by atoms with Crippen molar-refractivity contribution in [2.45, 2.75) is 57.6 Å². The van der Waals surface area contributed by atoms with Crippen LogP contribution in [0.1, 0.15) is 43.7 Å². The second-order valence-electron chi connectivity index (χ2n) is 7.33. The van der Waals surface area contributed by atoms with Gasteiger partial charge in [-0.1, -0.05) is 25.5 Å². The van der Waals surface area contributed by atoms with E-state index in [-0.39, 0.29) is 12.1 Å². The monoisotopic (exact) mass is 405 g/mol. The second kappa shape index (κ2) is 11.6. The number of fused-ring (bicyclic) bond motifs is 1. The maximum absolute atomic E-state index is 10.5. The van der Waals surface area contributed by atoms with Gasteiger partial charge in [0.05, 0.1) is 0 Å². The van der Waals surface area contributed by atoms with E-state index in [0.717, 1.165) is 31.7 Å². The third-order valence-corrected chi connectivity index (χ3v) is 5.40. The Bertz CT molecular complexity index is 701. The van der Waals surface area contributed by atoms with Gasteiger partial charge in [0.15, 0.2) is 0 Å². The van der Waals surface area contributed by atoms with Crippen LogP contribution >= 0.6 is 0 Å². The third kappa shape index (κ3) is 7.18. The summed E-state index contributed by atoms with van der Waals surface area (Å²) in [7, 11) is 0. The summed E-state index contributed by atoms with van der Waals surface area (Å²) in [5, 5.41) is 26.1. The summed E-state index contributed by atoms with van der Waals surface area (Å²) >= 11 is 0. The zero-order valence-electron chi connectivity index (χ0n) is 16.9. The van der Waals surface area contributed by atoms with Crippen LogP contribution in [0, 0.1) is 0 Å². The number of nitrogens with zero attached hydrogens (tertiary/aromatic N) is 1. The Hall–Kier alpha value is -2.38. The molecule has 7 heteroatoms. The summed E-state index contributed by atoms with van der Waals surface area (Å²) in [6, 6.07) is 6.59. The number of ether oxygens (including phenoxy) is 1. The van der Waals surface area contributed by atoms with E-state index >= 15 is 0 Å². The number of aryl methyl sites for hydroxylation is 1. The maximum atomic E-state index is 10.5. The molecular formula is C22H31NO6. The molecule has 1 aliphatic carbocycles. The molecule has 1 fully saturated rings. The lowest BCUT2D eigenvalue weighted by Gasteiger charge is -2.37. The first kappa shape index (κ1) is 22.9. The summed E-state index contributed by atoms with van der Waals surface area (Å²) in [6.45, 7) is 4.72. The summed E-state index contributed by atoms with van der Waals surface area (Å²) in [6.07, 6.45) is 7.80. The van der Waals surface area contributed by atoms with E-state index in [9.17, 15) is 14.7 Å². The molecule has 7 nitrogen and oxygen atoms in total. The predicted octanol–water partition coefficient (Wildman–Crippen LogP) is 2.50. The van der Waals surface area contributed by atoms with Crippen molar-refractivity contribution in [3.05, 3.63) is 41.5 Å². The fraction of sp³-hybridized carbons (Fsp3) is 0.545. The molecule has 2 unspecified atom stereocenters. The first-order chi connectivity index (χ1) is 13.9. The second-order valence-corrected chi connectivity index (χ2v) is 7.33. The van der Waals surface area contributed by atoms with Gasteiger partial charge in [0.2, 0.25) is 0 Å². The first-order valence-corrected chi connectivity index (χ1v) is 10.2. The Morgan fingerprint density at radius 1 is 1.17 bits per heavy atom. The van der Waals surface area contributed by atoms with Crippen molar-refractivity contribution < 1.29 is 29.6 Å². The van der Waals surface area contributed by atoms with Gasteiger partial charge in [-0.25, -0.2) is 9.59 Å². The van der Waals surface area contributed by atoms with Crippen molar-refractivity contribution >= 4 is 11.9 Å². The van der Waals surface area contributed by atoms with E-state index < -0.39 is 11.9 Å². The van der Waals surface area contributed by atoms with Gasteiger partial charge < -0.3 is 20.1 Å². The van der Waals surface area contributed by atoms with Gasteiger partial charge in [-0.15, -0.1) is 0 Å². The molecule has 1 saturated heterocycles. The molecule has 1 aliphatic heterocycles. The van der Waals surface area contributed by atoms with E-state index in [1.807, 2.05) is 0 Å². The number of hydrogen-bond acceptors (Lipinski definition) is 5. The number of carboxylic acid groups (broad SMARTS) is 2. The van der Waals surface area contributed by atoms with Crippen molar-refractivity contribution in [2.75, 3.05) is 19.7 Å². The number of hydrogen-bond donors (Lipinski definition) is 3. The third-order valence-electron chi connectivity index (χ3n) is 5.40. The van der Waals surface area contributed by atoms with E-state index in [4.69, 9.17) is 14.9 Å². The Morgan fingerprint density at radius 3 is 2.55 bits per heavy atom. The number of benzene rings is 1. The Labute approximate surface area is 171 Å². The molecule has 3 rings (SSSR count). The minimum Gasteiger partial charge on any atom is -0.491 e. The molecule has 1 aromatic carbocycles. The summed E-state index contributed by atoms with van der Waals surface area (Å²) in [4.78, 5) is 21.5. The predicted molar refractivity (Wildman–Crippen MR) is 109 cm³/mol. The van der Waals surface area contributed by atoms with Gasteiger partial charge in [0.1, 0.15) is 18.5 Å². The van der Waals surface area contributed by atoms with E-state index in [2.05, 4.69) is 30.0 Å². The molecule has 0 aromatic heterocycles. The van der Waals surface area contributed by atoms with Gasteiger partial charge in [-0.3, -0.25) is 4.90 Å². The number of carboxylic acids is 2. The maximum Gasteiger partial charge on any atom is 0.328 e. The molecule has 2 atom stereocenters. The molecule has 0 bridgehead atoms. The van der Waals surface area contributed by atoms with Gasteiger partial charge >= 0.3 is 11.9 Å². The van der Waals surface area contributed by atoms with E-state index in [0.29, 0.717) is 18.8 Å². The van der Waals surface area contributed by atoms with Crippen LogP contribution in [-0.4, -0.2) is 64.0 Å². The van der Waals surface area contributed by atoms with Gasteiger partial charge in [0.25, 0.3) is 0 Å². The van der Waals surface area contributed by atoms with Crippen LogP contribution in [0.5, 0.6) is 5.75 Å². The first-order valence-electron chi connectivity index (χ1n) is 10.2. The topological polar surface area (TPSA) is 107 Å². The highest BCUT2D eigenvalue weighted by molar-refractivity contribution is 5.89. The largest absolute Gasteiger partial charge is 0.491 e. The smallest absolute Gasteiger partial charge is 0.328 e. The average Bonchev–Trinajstić information content (AvgIpc) is 3.20. The Kier molecular flexibility index (Phi) is 9.15. The molecule has 2 aliphatic rings. The van der Waals surface area contributed by atoms with Gasteiger partial charge in [-0.2, -0.15) is 0 Å². The number of likely N-dealkylation sites (tertiary alicyclic amines) is 1. The Balaban J connectivity index is 0.000000321. The van der Waals surface area contributed by atoms with E-state index in [1.165, 1.54) is 36.8 Å². The number of aliphatic carboxylic acids is 2. The molecule has 0 saturated carbocycles. The summed E-state index contributed by atoms with van der Waals surface area (Å²) in [5.41, 5.74) is 2.79. The van der Waals surface area contributed by atoms with Gasteiger partial charge in [-0.05, 0) is 62.4 Å². The zero-order chi connectivity index (χ0) is 21.2. The minimum atomic E-state index is -1.26. The summed E-state index contributed by atoms with van der Waals surface area (Å²) in [5.74, 6) is -1.53. The fourth-order valence-electron chi connectivity index (χ4n) is 3.99. The van der Waals surface area contributed by atoms with Crippen molar-refractivity contribution in [3.8, 4) is 5.75 Å². The highest BCUT2D eigenvalue weighted by Gasteiger charge is 2.28. The molecule has 1 heterocycles. The number of piperidine rings is 1. The van der Waals surface area contributed by atoms with Crippen LogP contribution < -0.4 is 4.74 Å². The highest BCUT2D eigenvalue weighted by atomic mass is 16.5. The molecule has 3 N–H and O–H groups in total. The molecule has 0 spiro atoms. The van der Waals surface area contributed by atoms with E-state index in [1.54, 1.807) is 0 Å². The quantitative estimate of drug-likeness (QED) is 0.598. The molecule has 160 valence electrons. The van der Waals surface area contributed by atoms with Crippen LogP contribution in [0.3, 0.4) is 0 Å². The van der Waals surface area contributed by atoms with Crippen LogP contribution in [0.4, 0.5) is 0 Å². The number of rotatable bonds is 7. The Morgan fingerprint density at radius 2 is 1.90 bits per heavy atom. The average molecular weight is 405 g/mol. The van der Waals surface area contributed by atoms with Crippen LogP contribution in [0.15, 0.2) is 30.4 Å². The standard InChI is InChI=1S/C18H27NO2.C4H4O4/c1-2-19-12-4-3-10-16(19)17(20)13-21-18-11-6-8-14-7-5-9-15(14)18;5-3(6)1-2-4(7)8/h6,8,11,16-17,20H,2-5,7,9-10,12-13H2,1H3;1-2H,(H,5,6)(H,7,8). The van der Waals surface area contributed by atoms with Gasteiger partial charge in [0, 0.05) is 18.2 Å². The molecule has 0 amide bonds. The molecule has 0 radical (unpaired) electrons. The molecular weight excluding hydrogens is 374 g/mol. The normalized spacial score (nSPS) is 19.9. The lowest BCUT2D eigenvalue weighted by atomic mass is 9.97. The van der Waals surface area contributed by atoms with Crippen LogP contribution in [0.2, 0.25) is 0 Å². The van der Waals surface area contributed by atoms with Crippen LogP contribution in [0.25, 0.3) is 0 Å². The fourth-order valence-corrected chi connectivity index (χ4v) is 3.99. The SMILES string of the molecule is CCN1CCCCC1C(O)COc1cccc2c1CCC2.O=C(O)C=CC(=O)O. The minimum absolute atomic E-state index is 0.264. The molecule has 29 heavy (non-hydrogen) atoms. The lowest BCUT2D eigenvalue weighted by Crippen LogP contribution is -2.48. The lowest BCUT2D eigenvalue weighted by molar-refractivity contribution is -0.134. The number of likely N-dealkylation sites (N-methyl/N-ethyl adjacent to an activating group) is 1. The highest BCUT2D eigenvalue weighted by Crippen LogP contribution is 2.30. The zero-order valence-corrected chi connectivity index (χ0v) is 16.9. The van der Waals surface area contributed by atoms with Crippen molar-refractivity contribution in [3.63, 3.8) is 0 Å². The van der Waals surface area contributed by atoms with Crippen LogP contribution in [-0.2, 0) is 22.4 Å². The van der Waals surface area contributed by atoms with Crippen molar-refractivity contribution in [1.29, 1.82) is 0 Å². The van der Waals surface area contributed by atoms with Crippen molar-refractivity contribution in [2.24, 2.45) is 0 Å².